The predicted molar refractivity (Wildman–Crippen MR) is 127 cm³/mol. The van der Waals surface area contributed by atoms with Gasteiger partial charge in [0.2, 0.25) is 5.28 Å². The number of nitrogen functional groups attached to an aromatic ring is 1. The monoisotopic (exact) mass is 526 g/mol. The Morgan fingerprint density at radius 2 is 2.14 bits per heavy atom. The van der Waals surface area contributed by atoms with Gasteiger partial charge in [-0.05, 0) is 30.9 Å². The average Bonchev–Trinajstić information content (AvgIpc) is 3.32. The number of nitrogens with zero attached hydrogens (tertiary/aromatic N) is 4. The minimum atomic E-state index is -3.96. The SMILES string of the molecule is C#C[C@@]12COP(=O)(NC(C)(C)C(=O)OCC(C)(C)C)O[C@@H]1C[C@H](n1cnc3c(N)nc(Cl)nc31)O2. The molecule has 0 spiro atoms. The van der Waals surface area contributed by atoms with Gasteiger partial charge in [-0.1, -0.05) is 26.7 Å². The van der Waals surface area contributed by atoms with Crippen molar-refractivity contribution in [2.75, 3.05) is 18.9 Å². The number of carbonyl (C=O) groups excluding carboxylic acids is 1. The second kappa shape index (κ2) is 8.69. The van der Waals surface area contributed by atoms with Crippen LogP contribution in [0, 0.1) is 17.8 Å². The van der Waals surface area contributed by atoms with Crippen LogP contribution in [-0.2, 0) is 27.9 Å². The Morgan fingerprint density at radius 1 is 1.43 bits per heavy atom. The maximum absolute atomic E-state index is 13.5. The number of fused-ring (bicyclic) bond motifs is 2. The fourth-order valence-corrected chi connectivity index (χ4v) is 5.82. The molecule has 0 amide bonds. The Kier molecular flexibility index (Phi) is 6.41. The number of terminal acetylenes is 1. The molecule has 35 heavy (non-hydrogen) atoms. The molecule has 2 aromatic rings. The molecule has 0 radical (unpaired) electrons. The molecule has 190 valence electrons. The number of esters is 1. The van der Waals surface area contributed by atoms with Gasteiger partial charge in [0.1, 0.15) is 30.0 Å². The van der Waals surface area contributed by atoms with Crippen molar-refractivity contribution in [2.24, 2.45) is 5.41 Å². The summed E-state index contributed by atoms with van der Waals surface area (Å²) < 4.78 is 38.0. The van der Waals surface area contributed by atoms with Crippen LogP contribution < -0.4 is 10.8 Å². The topological polar surface area (TPSA) is 153 Å². The van der Waals surface area contributed by atoms with Crippen LogP contribution in [0.25, 0.3) is 11.2 Å². The molecule has 0 aliphatic carbocycles. The highest BCUT2D eigenvalue weighted by Crippen LogP contribution is 2.57. The van der Waals surface area contributed by atoms with Gasteiger partial charge in [0.15, 0.2) is 17.1 Å². The standard InChI is InChI=1S/C21H28ClN6O6P/c1-7-21-10-32-35(30,27-20(5,6)17(29)31-9-19(2,3)4)34-12(21)8-13(33-21)28-11-24-14-15(23)25-18(22)26-16(14)28/h1,11-13H,8-10H2,2-6H3,(H,27,30)(H2,23,25,26)/t12-,13-,21-,35?/m1/s1. The molecule has 0 saturated carbocycles. The fourth-order valence-electron chi connectivity index (χ4n) is 3.74. The first kappa shape index (κ1) is 25.8. The first-order valence-corrected chi connectivity index (χ1v) is 12.8. The number of rotatable bonds is 5. The van der Waals surface area contributed by atoms with E-state index in [1.54, 1.807) is 4.57 Å². The molecule has 4 rings (SSSR count). The Balaban J connectivity index is 1.53. The normalized spacial score (nSPS) is 29.1. The summed E-state index contributed by atoms with van der Waals surface area (Å²) in [5, 5.41) is 2.65. The van der Waals surface area contributed by atoms with Crippen molar-refractivity contribution < 1.29 is 27.9 Å². The lowest BCUT2D eigenvalue weighted by Gasteiger charge is -2.39. The van der Waals surface area contributed by atoms with E-state index in [1.165, 1.54) is 20.2 Å². The predicted octanol–water partition coefficient (Wildman–Crippen LogP) is 2.83. The molecule has 2 aromatic heterocycles. The van der Waals surface area contributed by atoms with Gasteiger partial charge in [0, 0.05) is 6.42 Å². The summed E-state index contributed by atoms with van der Waals surface area (Å²) in [6.45, 7) is 8.84. The summed E-state index contributed by atoms with van der Waals surface area (Å²) in [5.41, 5.74) is 3.68. The largest absolute Gasteiger partial charge is 0.464 e. The molecule has 2 fully saturated rings. The minimum Gasteiger partial charge on any atom is -0.464 e. The van der Waals surface area contributed by atoms with E-state index < -0.39 is 37.2 Å². The van der Waals surface area contributed by atoms with E-state index in [1.807, 2.05) is 20.8 Å². The van der Waals surface area contributed by atoms with Gasteiger partial charge in [-0.15, -0.1) is 6.42 Å². The van der Waals surface area contributed by atoms with Crippen molar-refractivity contribution in [3.8, 4) is 12.3 Å². The summed E-state index contributed by atoms with van der Waals surface area (Å²) in [7, 11) is -3.96. The lowest BCUT2D eigenvalue weighted by atomic mass is 9.98. The second-order valence-corrected chi connectivity index (χ2v) is 12.3. The molecule has 2 aliphatic heterocycles. The first-order chi connectivity index (χ1) is 16.2. The van der Waals surface area contributed by atoms with Gasteiger partial charge in [-0.2, -0.15) is 9.97 Å². The molecule has 3 N–H and O–H groups in total. The first-order valence-electron chi connectivity index (χ1n) is 10.9. The Hall–Kier alpha value is -2.26. The second-order valence-electron chi connectivity index (χ2n) is 10.3. The van der Waals surface area contributed by atoms with E-state index in [-0.39, 0.29) is 36.2 Å². The third-order valence-electron chi connectivity index (χ3n) is 5.54. The van der Waals surface area contributed by atoms with Crippen LogP contribution in [-0.4, -0.2) is 55.9 Å². The smallest absolute Gasteiger partial charge is 0.407 e. The van der Waals surface area contributed by atoms with Crippen molar-refractivity contribution in [1.82, 2.24) is 24.6 Å². The number of anilines is 1. The van der Waals surface area contributed by atoms with E-state index in [9.17, 15) is 9.36 Å². The highest BCUT2D eigenvalue weighted by molar-refractivity contribution is 7.51. The molecule has 12 nitrogen and oxygen atoms in total. The van der Waals surface area contributed by atoms with Gasteiger partial charge in [0.05, 0.1) is 12.9 Å². The minimum absolute atomic E-state index is 0.0484. The molecule has 2 aliphatic rings. The number of halogens is 1. The van der Waals surface area contributed by atoms with E-state index in [0.717, 1.165) is 0 Å². The van der Waals surface area contributed by atoms with Gasteiger partial charge in [-0.25, -0.2) is 14.6 Å². The van der Waals surface area contributed by atoms with Crippen LogP contribution >= 0.6 is 19.3 Å². The lowest BCUT2D eigenvalue weighted by molar-refractivity contribution is -0.153. The molecule has 1 unspecified atom stereocenters. The van der Waals surface area contributed by atoms with Crippen LogP contribution in [0.3, 0.4) is 0 Å². The molecule has 4 heterocycles. The van der Waals surface area contributed by atoms with Crippen LogP contribution in [0.1, 0.15) is 47.3 Å². The molecule has 0 aromatic carbocycles. The quantitative estimate of drug-likeness (QED) is 0.256. The molecule has 14 heteroatoms. The molecular weight excluding hydrogens is 499 g/mol. The van der Waals surface area contributed by atoms with E-state index in [0.29, 0.717) is 11.2 Å². The van der Waals surface area contributed by atoms with Gasteiger partial charge >= 0.3 is 13.7 Å². The maximum atomic E-state index is 13.5. The highest BCUT2D eigenvalue weighted by Gasteiger charge is 2.58. The zero-order valence-electron chi connectivity index (χ0n) is 20.1. The molecule has 0 bridgehead atoms. The van der Waals surface area contributed by atoms with Crippen LogP contribution in [0.2, 0.25) is 5.28 Å². The zero-order chi connectivity index (χ0) is 25.8. The Morgan fingerprint density at radius 3 is 2.80 bits per heavy atom. The van der Waals surface area contributed by atoms with E-state index >= 15 is 0 Å². The van der Waals surface area contributed by atoms with Gasteiger partial charge in [0.25, 0.3) is 0 Å². The van der Waals surface area contributed by atoms with Crippen LogP contribution in [0.15, 0.2) is 6.33 Å². The van der Waals surface area contributed by atoms with E-state index in [4.69, 9.17) is 42.3 Å². The van der Waals surface area contributed by atoms with Crippen molar-refractivity contribution in [2.45, 2.75) is 64.5 Å². The van der Waals surface area contributed by atoms with Crippen molar-refractivity contribution in [3.63, 3.8) is 0 Å². The Labute approximate surface area is 207 Å². The highest BCUT2D eigenvalue weighted by atomic mass is 35.5. The maximum Gasteiger partial charge on any atom is 0.407 e. The number of ether oxygens (including phenoxy) is 2. The van der Waals surface area contributed by atoms with Crippen LogP contribution in [0.4, 0.5) is 5.82 Å². The number of imidazole rings is 1. The van der Waals surface area contributed by atoms with Crippen molar-refractivity contribution in [1.29, 1.82) is 0 Å². The fraction of sp³-hybridized carbons (Fsp3) is 0.619. The molecular formula is C21H28ClN6O6P. The van der Waals surface area contributed by atoms with Gasteiger partial charge < -0.3 is 15.2 Å². The van der Waals surface area contributed by atoms with Crippen molar-refractivity contribution >= 4 is 42.3 Å². The summed E-state index contributed by atoms with van der Waals surface area (Å²) in [4.78, 5) is 25.0. The number of hydrogen-bond donors (Lipinski definition) is 2. The Bertz CT molecular complexity index is 1250. The van der Waals surface area contributed by atoms with Crippen molar-refractivity contribution in [3.05, 3.63) is 11.6 Å². The number of carbonyl (C=O) groups is 1. The third-order valence-corrected chi connectivity index (χ3v) is 7.54. The van der Waals surface area contributed by atoms with E-state index in [2.05, 4.69) is 26.0 Å². The lowest BCUT2D eigenvalue weighted by Crippen LogP contribution is -2.52. The van der Waals surface area contributed by atoms with Crippen LogP contribution in [0.5, 0.6) is 0 Å². The zero-order valence-corrected chi connectivity index (χ0v) is 21.7. The summed E-state index contributed by atoms with van der Waals surface area (Å²) >= 11 is 5.96. The molecule has 2 saturated heterocycles. The summed E-state index contributed by atoms with van der Waals surface area (Å²) in [5.74, 6) is 2.10. The average molecular weight is 527 g/mol. The molecule has 4 atom stereocenters. The number of nitrogens with one attached hydrogen (secondary N) is 1. The van der Waals surface area contributed by atoms with Gasteiger partial charge in [-0.3, -0.25) is 18.4 Å². The summed E-state index contributed by atoms with van der Waals surface area (Å²) in [6, 6.07) is 0. The number of aromatic nitrogens is 4. The summed E-state index contributed by atoms with van der Waals surface area (Å²) in [6.07, 6.45) is 5.95. The number of nitrogens with two attached hydrogens (primary N) is 1. The number of hydrogen-bond acceptors (Lipinski definition) is 10. The third kappa shape index (κ3) is 5.03.